The van der Waals surface area contributed by atoms with Gasteiger partial charge in [-0.3, -0.25) is 4.79 Å². The number of aromatic nitrogens is 3. The van der Waals surface area contributed by atoms with E-state index in [4.69, 9.17) is 0 Å². The summed E-state index contributed by atoms with van der Waals surface area (Å²) in [7, 11) is 0. The Kier molecular flexibility index (Phi) is 6.33. The van der Waals surface area contributed by atoms with Gasteiger partial charge >= 0.3 is 0 Å². The Labute approximate surface area is 158 Å². The zero-order chi connectivity index (χ0) is 18.4. The van der Waals surface area contributed by atoms with Gasteiger partial charge in [-0.2, -0.15) is 0 Å². The molecule has 0 saturated carbocycles. The van der Waals surface area contributed by atoms with Gasteiger partial charge in [-0.05, 0) is 50.5 Å². The minimum Gasteiger partial charge on any atom is -0.372 e. The van der Waals surface area contributed by atoms with Crippen LogP contribution in [0.15, 0.2) is 42.1 Å². The van der Waals surface area contributed by atoms with Crippen LogP contribution in [0.3, 0.4) is 0 Å². The average molecular weight is 372 g/mol. The molecular weight excluding hydrogens is 346 g/mol. The van der Waals surface area contributed by atoms with Gasteiger partial charge < -0.3 is 14.8 Å². The van der Waals surface area contributed by atoms with Crippen LogP contribution in [-0.2, 0) is 11.3 Å². The number of aryl methyl sites for hydroxylation is 1. The largest absolute Gasteiger partial charge is 0.372 e. The number of rotatable bonds is 7. The van der Waals surface area contributed by atoms with Gasteiger partial charge in [-0.15, -0.1) is 16.8 Å². The molecule has 0 aliphatic carbocycles. The minimum atomic E-state index is -0.0495. The molecule has 6 nitrogen and oxygen atoms in total. The van der Waals surface area contributed by atoms with Crippen LogP contribution in [0.25, 0.3) is 0 Å². The van der Waals surface area contributed by atoms with Crippen LogP contribution in [0.5, 0.6) is 0 Å². The SMILES string of the molecule is C=CCn1c(C)nnc1SCC(=O)Nc1ccc(N2CCCCC2)cc1. The average Bonchev–Trinajstić information content (AvgIpc) is 3.02. The molecule has 1 amide bonds. The van der Waals surface area contributed by atoms with Gasteiger partial charge in [0.2, 0.25) is 5.91 Å². The van der Waals surface area contributed by atoms with E-state index in [1.165, 1.54) is 36.7 Å². The third kappa shape index (κ3) is 4.66. The molecule has 1 saturated heterocycles. The van der Waals surface area contributed by atoms with E-state index < -0.39 is 0 Å². The molecule has 7 heteroatoms. The van der Waals surface area contributed by atoms with Crippen molar-refractivity contribution in [3.8, 4) is 0 Å². The third-order valence-corrected chi connectivity index (χ3v) is 5.38. The number of hydrogen-bond acceptors (Lipinski definition) is 5. The van der Waals surface area contributed by atoms with Crippen LogP contribution in [0, 0.1) is 6.92 Å². The van der Waals surface area contributed by atoms with Gasteiger partial charge in [0.1, 0.15) is 5.82 Å². The molecule has 26 heavy (non-hydrogen) atoms. The van der Waals surface area contributed by atoms with E-state index in [2.05, 4.69) is 39.1 Å². The Morgan fingerprint density at radius 2 is 1.96 bits per heavy atom. The lowest BCUT2D eigenvalue weighted by Crippen LogP contribution is -2.29. The maximum absolute atomic E-state index is 12.2. The Hall–Kier alpha value is -2.28. The monoisotopic (exact) mass is 371 g/mol. The molecule has 138 valence electrons. The highest BCUT2D eigenvalue weighted by atomic mass is 32.2. The second-order valence-corrected chi connectivity index (χ2v) is 7.30. The molecule has 1 fully saturated rings. The van der Waals surface area contributed by atoms with Crippen LogP contribution in [0.2, 0.25) is 0 Å². The first-order valence-corrected chi connectivity index (χ1v) is 9.94. The number of carbonyl (C=O) groups is 1. The lowest BCUT2D eigenvalue weighted by Gasteiger charge is -2.28. The highest BCUT2D eigenvalue weighted by Gasteiger charge is 2.12. The van der Waals surface area contributed by atoms with Crippen molar-refractivity contribution >= 4 is 29.0 Å². The number of nitrogens with one attached hydrogen (secondary N) is 1. The maximum atomic E-state index is 12.2. The van der Waals surface area contributed by atoms with Crippen LogP contribution in [-0.4, -0.2) is 39.5 Å². The fourth-order valence-electron chi connectivity index (χ4n) is 3.04. The molecule has 1 aliphatic rings. The molecule has 0 spiro atoms. The summed E-state index contributed by atoms with van der Waals surface area (Å²) in [5.74, 6) is 1.07. The van der Waals surface area contributed by atoms with Crippen LogP contribution in [0.1, 0.15) is 25.1 Å². The summed E-state index contributed by atoms with van der Waals surface area (Å²) in [6.07, 6.45) is 5.63. The Balaban J connectivity index is 1.52. The molecule has 1 aliphatic heterocycles. The topological polar surface area (TPSA) is 63.1 Å². The molecule has 2 aromatic rings. The van der Waals surface area contributed by atoms with Crippen molar-refractivity contribution in [2.24, 2.45) is 0 Å². The second kappa shape index (κ2) is 8.89. The number of hydrogen-bond donors (Lipinski definition) is 1. The summed E-state index contributed by atoms with van der Waals surface area (Å²) >= 11 is 1.38. The zero-order valence-electron chi connectivity index (χ0n) is 15.1. The highest BCUT2D eigenvalue weighted by molar-refractivity contribution is 7.99. The molecule has 0 bridgehead atoms. The number of carbonyl (C=O) groups excluding carboxylic acids is 1. The van der Waals surface area contributed by atoms with E-state index in [0.717, 1.165) is 29.8 Å². The summed E-state index contributed by atoms with van der Waals surface area (Å²) in [4.78, 5) is 14.6. The van der Waals surface area contributed by atoms with Gasteiger partial charge in [0.05, 0.1) is 5.75 Å². The summed E-state index contributed by atoms with van der Waals surface area (Å²) in [6.45, 7) is 8.51. The number of amides is 1. The van der Waals surface area contributed by atoms with Gasteiger partial charge in [0.25, 0.3) is 0 Å². The molecule has 0 radical (unpaired) electrons. The summed E-state index contributed by atoms with van der Waals surface area (Å²) < 4.78 is 1.94. The second-order valence-electron chi connectivity index (χ2n) is 6.36. The lowest BCUT2D eigenvalue weighted by atomic mass is 10.1. The normalized spacial score (nSPS) is 14.3. The summed E-state index contributed by atoms with van der Waals surface area (Å²) in [5.41, 5.74) is 2.05. The van der Waals surface area contributed by atoms with Gasteiger partial charge in [-0.25, -0.2) is 0 Å². The fourth-order valence-corrected chi connectivity index (χ4v) is 3.84. The number of piperidine rings is 1. The van der Waals surface area contributed by atoms with Crippen LogP contribution < -0.4 is 10.2 Å². The molecule has 1 aromatic carbocycles. The fraction of sp³-hybridized carbons (Fsp3) is 0.421. The first-order chi connectivity index (χ1) is 12.7. The zero-order valence-corrected chi connectivity index (χ0v) is 16.0. The standard InChI is InChI=1S/C19H25N5OS/c1-3-11-24-15(2)21-22-19(24)26-14-18(25)20-16-7-9-17(10-8-16)23-12-5-4-6-13-23/h3,7-10H,1,4-6,11-14H2,2H3,(H,20,25). The number of thioether (sulfide) groups is 1. The quantitative estimate of drug-likeness (QED) is 0.596. The first kappa shape index (κ1) is 18.5. The summed E-state index contributed by atoms with van der Waals surface area (Å²) in [6, 6.07) is 8.10. The Morgan fingerprint density at radius 3 is 2.65 bits per heavy atom. The number of anilines is 2. The highest BCUT2D eigenvalue weighted by Crippen LogP contribution is 2.22. The van der Waals surface area contributed by atoms with Crippen LogP contribution >= 0.6 is 11.8 Å². The molecule has 2 heterocycles. The predicted octanol–water partition coefficient (Wildman–Crippen LogP) is 3.49. The van der Waals surface area contributed by atoms with E-state index in [9.17, 15) is 4.79 Å². The molecule has 1 aromatic heterocycles. The molecule has 0 unspecified atom stereocenters. The third-order valence-electron chi connectivity index (χ3n) is 4.42. The van der Waals surface area contributed by atoms with Gasteiger partial charge in [-0.1, -0.05) is 17.8 Å². The number of benzene rings is 1. The van der Waals surface area contributed by atoms with Crippen molar-refractivity contribution in [2.75, 3.05) is 29.1 Å². The summed E-state index contributed by atoms with van der Waals surface area (Å²) in [5, 5.41) is 11.9. The van der Waals surface area contributed by atoms with Crippen molar-refractivity contribution in [1.82, 2.24) is 14.8 Å². The smallest absolute Gasteiger partial charge is 0.234 e. The Bertz CT molecular complexity index is 750. The minimum absolute atomic E-state index is 0.0495. The maximum Gasteiger partial charge on any atom is 0.234 e. The van der Waals surface area contributed by atoms with E-state index in [1.54, 1.807) is 6.08 Å². The van der Waals surface area contributed by atoms with E-state index >= 15 is 0 Å². The van der Waals surface area contributed by atoms with E-state index in [0.29, 0.717) is 12.3 Å². The molecular formula is C19H25N5OS. The lowest BCUT2D eigenvalue weighted by molar-refractivity contribution is -0.113. The first-order valence-electron chi connectivity index (χ1n) is 8.96. The number of nitrogens with zero attached hydrogens (tertiary/aromatic N) is 4. The van der Waals surface area contributed by atoms with E-state index in [-0.39, 0.29) is 5.91 Å². The predicted molar refractivity (Wildman–Crippen MR) is 107 cm³/mol. The van der Waals surface area contributed by atoms with Gasteiger partial charge in [0.15, 0.2) is 5.16 Å². The molecule has 1 N–H and O–H groups in total. The van der Waals surface area contributed by atoms with E-state index in [1.807, 2.05) is 23.6 Å². The number of allylic oxidation sites excluding steroid dienone is 1. The van der Waals surface area contributed by atoms with Gasteiger partial charge in [0, 0.05) is 31.0 Å². The Morgan fingerprint density at radius 1 is 1.23 bits per heavy atom. The van der Waals surface area contributed by atoms with Crippen molar-refractivity contribution in [1.29, 1.82) is 0 Å². The molecule has 3 rings (SSSR count). The van der Waals surface area contributed by atoms with Crippen molar-refractivity contribution in [3.63, 3.8) is 0 Å². The van der Waals surface area contributed by atoms with Crippen molar-refractivity contribution in [2.45, 2.75) is 37.9 Å². The van der Waals surface area contributed by atoms with Crippen molar-refractivity contribution < 1.29 is 4.79 Å². The van der Waals surface area contributed by atoms with Crippen molar-refractivity contribution in [3.05, 3.63) is 42.7 Å². The van der Waals surface area contributed by atoms with Crippen LogP contribution in [0.4, 0.5) is 11.4 Å². The molecule has 0 atom stereocenters.